The average Bonchev–Trinajstić information content (AvgIpc) is 2.77. The van der Waals surface area contributed by atoms with Crippen molar-refractivity contribution < 1.29 is 34.9 Å². The molecule has 0 radical (unpaired) electrons. The predicted molar refractivity (Wildman–Crippen MR) is 102 cm³/mol. The molecule has 4 saturated carbocycles. The minimum atomic E-state index is -1.99. The van der Waals surface area contributed by atoms with Gasteiger partial charge in [0.25, 0.3) is 0 Å². The molecule has 4 aliphatic carbocycles. The Morgan fingerprint density at radius 2 is 1.90 bits per heavy atom. The average molecular weight is 411 g/mol. The van der Waals surface area contributed by atoms with Gasteiger partial charge in [0.15, 0.2) is 6.10 Å². The van der Waals surface area contributed by atoms with Crippen molar-refractivity contribution >= 4 is 0 Å². The smallest absolute Gasteiger partial charge is 0.207 e. The van der Waals surface area contributed by atoms with Gasteiger partial charge in [0, 0.05) is 23.2 Å². The van der Waals surface area contributed by atoms with E-state index >= 15 is 0 Å². The third-order valence-electron chi connectivity index (χ3n) is 9.25. The van der Waals surface area contributed by atoms with Crippen LogP contribution in [0, 0.1) is 34.0 Å². The molecular weight excluding hydrogens is 376 g/mol. The number of fused-ring (bicyclic) bond motifs is 2. The summed E-state index contributed by atoms with van der Waals surface area (Å²) in [6.07, 6.45) is -0.888. The lowest BCUT2D eigenvalue weighted by Gasteiger charge is -2.75. The van der Waals surface area contributed by atoms with E-state index < -0.39 is 52.9 Å². The topological polar surface area (TPSA) is 109 Å². The highest BCUT2D eigenvalue weighted by Gasteiger charge is 2.87. The van der Waals surface area contributed by atoms with Crippen molar-refractivity contribution in [2.45, 2.75) is 76.7 Å². The minimum absolute atomic E-state index is 0.149. The van der Waals surface area contributed by atoms with Crippen molar-refractivity contribution in [2.75, 3.05) is 13.2 Å². The second kappa shape index (κ2) is 6.03. The lowest BCUT2D eigenvalue weighted by atomic mass is 9.35. The summed E-state index contributed by atoms with van der Waals surface area (Å²) in [5, 5.41) is 46.3. The Morgan fingerprint density at radius 1 is 1.17 bits per heavy atom. The molecule has 7 heteroatoms. The maximum absolute atomic E-state index is 12.1. The highest BCUT2D eigenvalue weighted by atomic mass is 17.2. The summed E-state index contributed by atoms with van der Waals surface area (Å²) in [4.78, 5) is 11.2. The third-order valence-corrected chi connectivity index (χ3v) is 9.25. The van der Waals surface area contributed by atoms with Crippen molar-refractivity contribution in [2.24, 2.45) is 34.0 Å². The van der Waals surface area contributed by atoms with Crippen LogP contribution < -0.4 is 0 Å². The monoisotopic (exact) mass is 410 g/mol. The van der Waals surface area contributed by atoms with Gasteiger partial charge in [0.05, 0.1) is 36.9 Å². The van der Waals surface area contributed by atoms with Crippen LogP contribution in [-0.2, 0) is 14.5 Å². The van der Waals surface area contributed by atoms with E-state index in [0.717, 1.165) is 19.3 Å². The van der Waals surface area contributed by atoms with Gasteiger partial charge < -0.3 is 25.2 Å². The van der Waals surface area contributed by atoms with Crippen molar-refractivity contribution in [3.8, 4) is 0 Å². The molecule has 0 aromatic rings. The van der Waals surface area contributed by atoms with E-state index in [2.05, 4.69) is 20.4 Å². The summed E-state index contributed by atoms with van der Waals surface area (Å²) in [6.45, 7) is 10.7. The van der Waals surface area contributed by atoms with Crippen molar-refractivity contribution in [1.82, 2.24) is 0 Å². The Kier molecular flexibility index (Phi) is 4.24. The molecule has 6 rings (SSSR count). The predicted octanol–water partition coefficient (Wildman–Crippen LogP) is 1.14. The van der Waals surface area contributed by atoms with Gasteiger partial charge in [-0.1, -0.05) is 26.8 Å². The summed E-state index contributed by atoms with van der Waals surface area (Å²) >= 11 is 0. The molecule has 6 fully saturated rings. The van der Waals surface area contributed by atoms with Crippen LogP contribution >= 0.6 is 0 Å². The Labute approximate surface area is 171 Å². The summed E-state index contributed by atoms with van der Waals surface area (Å²) < 4.78 is 6.13. The van der Waals surface area contributed by atoms with E-state index in [1.807, 2.05) is 0 Å². The van der Waals surface area contributed by atoms with Gasteiger partial charge in [-0.3, -0.25) is 0 Å². The Hall–Kier alpha value is -0.540. The zero-order valence-electron chi connectivity index (χ0n) is 17.5. The Bertz CT molecular complexity index is 724. The van der Waals surface area contributed by atoms with Crippen LogP contribution in [0.1, 0.15) is 46.5 Å². The lowest BCUT2D eigenvalue weighted by Crippen LogP contribution is -2.86. The van der Waals surface area contributed by atoms with Crippen LogP contribution in [-0.4, -0.2) is 63.8 Å². The first-order valence-corrected chi connectivity index (χ1v) is 11.0. The first-order valence-electron chi connectivity index (χ1n) is 11.0. The molecule has 2 unspecified atom stereocenters. The highest BCUT2D eigenvalue weighted by molar-refractivity contribution is 5.38. The summed E-state index contributed by atoms with van der Waals surface area (Å²) in [5.74, 6) is -3.14. The molecule has 0 aromatic carbocycles. The van der Waals surface area contributed by atoms with E-state index in [4.69, 9.17) is 14.5 Å². The quantitative estimate of drug-likeness (QED) is 0.314. The van der Waals surface area contributed by atoms with Crippen LogP contribution in [0.4, 0.5) is 0 Å². The van der Waals surface area contributed by atoms with E-state index in [0.29, 0.717) is 18.6 Å². The van der Waals surface area contributed by atoms with E-state index in [1.165, 1.54) is 0 Å². The molecule has 7 nitrogen and oxygen atoms in total. The standard InChI is InChI=1S/C22H34O7/c1-5-28-29-18-15-19(3,4)7-6-8-20(15)10-27-22(18,26)21-14(20)13(23)9-12(17(21)25)11(2)16(21)24/h12-18,23-26H,2,5-10H2,1,3-4H3/t12-,13+,14?,15?,16-,17-,18+,20-,21+,22+/m1/s1. The molecule has 2 spiro atoms. The highest BCUT2D eigenvalue weighted by Crippen LogP contribution is 2.77. The third kappa shape index (κ3) is 2.04. The van der Waals surface area contributed by atoms with Gasteiger partial charge in [-0.2, -0.15) is 0 Å². The van der Waals surface area contributed by atoms with Gasteiger partial charge in [-0.15, -0.1) is 0 Å². The van der Waals surface area contributed by atoms with Crippen molar-refractivity contribution in [1.29, 1.82) is 0 Å². The number of hydrogen-bond acceptors (Lipinski definition) is 7. The number of aliphatic hydroxyl groups excluding tert-OH is 3. The second-order valence-corrected chi connectivity index (χ2v) is 10.7. The first-order chi connectivity index (χ1) is 13.6. The number of rotatable bonds is 3. The number of hydrogen-bond donors (Lipinski definition) is 4. The zero-order valence-corrected chi connectivity index (χ0v) is 17.5. The molecule has 2 saturated heterocycles. The summed E-state index contributed by atoms with van der Waals surface area (Å²) in [7, 11) is 0. The first kappa shape index (κ1) is 20.4. The van der Waals surface area contributed by atoms with Crippen LogP contribution in [0.5, 0.6) is 0 Å². The molecule has 0 amide bonds. The molecule has 2 heterocycles. The molecule has 4 bridgehead atoms. The normalized spacial score (nSPS) is 57.5. The van der Waals surface area contributed by atoms with Gasteiger partial charge in [-0.05, 0) is 37.2 Å². The van der Waals surface area contributed by atoms with Crippen molar-refractivity contribution in [3.63, 3.8) is 0 Å². The Balaban J connectivity index is 1.77. The maximum Gasteiger partial charge on any atom is 0.207 e. The minimum Gasteiger partial charge on any atom is -0.393 e. The van der Waals surface area contributed by atoms with Gasteiger partial charge in [-0.25, -0.2) is 9.78 Å². The van der Waals surface area contributed by atoms with Gasteiger partial charge >= 0.3 is 0 Å². The SMILES string of the molecule is C=C1[C@H]2C[C@H](O)C3[C@]45CCCC(C)(C)C4[C@H](OOCC)[C@](O)(OC5)[C@@]3([C@@H]1O)[C@@H]2O. The van der Waals surface area contributed by atoms with Gasteiger partial charge in [0.1, 0.15) is 0 Å². The Morgan fingerprint density at radius 3 is 2.59 bits per heavy atom. The van der Waals surface area contributed by atoms with Crippen molar-refractivity contribution in [3.05, 3.63) is 12.2 Å². The molecule has 164 valence electrons. The van der Waals surface area contributed by atoms with E-state index in [-0.39, 0.29) is 17.9 Å². The fourth-order valence-electron chi connectivity index (χ4n) is 8.51. The number of aliphatic hydroxyl groups is 4. The molecule has 6 aliphatic rings. The summed E-state index contributed by atoms with van der Waals surface area (Å²) in [5.41, 5.74) is -1.76. The largest absolute Gasteiger partial charge is 0.393 e. The van der Waals surface area contributed by atoms with Gasteiger partial charge in [0.2, 0.25) is 5.79 Å². The van der Waals surface area contributed by atoms with Crippen LogP contribution in [0.3, 0.4) is 0 Å². The second-order valence-electron chi connectivity index (χ2n) is 10.7. The molecule has 0 aromatic heterocycles. The zero-order chi connectivity index (χ0) is 21.0. The van der Waals surface area contributed by atoms with E-state index in [1.54, 1.807) is 6.92 Å². The fourth-order valence-corrected chi connectivity index (χ4v) is 8.51. The van der Waals surface area contributed by atoms with Crippen LogP contribution in [0.25, 0.3) is 0 Å². The van der Waals surface area contributed by atoms with Crippen LogP contribution in [0.2, 0.25) is 0 Å². The molecule has 2 aliphatic heterocycles. The number of ether oxygens (including phenoxy) is 1. The molecule has 29 heavy (non-hydrogen) atoms. The lowest BCUT2D eigenvalue weighted by molar-refractivity contribution is -0.515. The fraction of sp³-hybridized carbons (Fsp3) is 0.909. The van der Waals surface area contributed by atoms with Crippen LogP contribution in [0.15, 0.2) is 12.2 Å². The van der Waals surface area contributed by atoms with E-state index in [9.17, 15) is 20.4 Å². The molecule has 10 atom stereocenters. The molecular formula is C22H34O7. The summed E-state index contributed by atoms with van der Waals surface area (Å²) in [6, 6.07) is 0. The molecule has 4 N–H and O–H groups in total. The maximum atomic E-state index is 12.1.